The van der Waals surface area contributed by atoms with Crippen molar-refractivity contribution in [3.63, 3.8) is 0 Å². The number of hydrogen-bond acceptors (Lipinski definition) is 6. The number of nitrogens with zero attached hydrogens (tertiary/aromatic N) is 2. The molecule has 1 N–H and O–H groups in total. The molecule has 0 aliphatic heterocycles. The first-order valence-corrected chi connectivity index (χ1v) is 5.63. The van der Waals surface area contributed by atoms with Gasteiger partial charge < -0.3 is 15.6 Å². The van der Waals surface area contributed by atoms with E-state index >= 15 is 0 Å². The third-order valence-corrected chi connectivity index (χ3v) is 2.59. The van der Waals surface area contributed by atoms with E-state index in [0.717, 1.165) is 0 Å². The van der Waals surface area contributed by atoms with Crippen molar-refractivity contribution in [2.75, 3.05) is 6.67 Å². The van der Waals surface area contributed by atoms with Crippen molar-refractivity contribution < 1.29 is 4.84 Å². The Hall–Kier alpha value is -0.500. The number of hydrazine groups is 1. The Morgan fingerprint density at radius 1 is 1.29 bits per heavy atom. The number of nitrogens with one attached hydrogen (secondary N) is 1. The summed E-state index contributed by atoms with van der Waals surface area (Å²) >= 11 is 0. The molecule has 0 aromatic heterocycles. The summed E-state index contributed by atoms with van der Waals surface area (Å²) in [5.41, 5.74) is 1.14. The minimum Gasteiger partial charge on any atom is -0.771 e. The van der Waals surface area contributed by atoms with Gasteiger partial charge in [0.05, 0.1) is 6.67 Å². The van der Waals surface area contributed by atoms with Crippen molar-refractivity contribution in [1.29, 1.82) is 0 Å². The average molecular weight is 245 g/mol. The Bertz CT molecular complexity index is 244. The van der Waals surface area contributed by atoms with Gasteiger partial charge in [0.1, 0.15) is 5.60 Å². The van der Waals surface area contributed by atoms with Crippen molar-refractivity contribution >= 4 is 0 Å². The molecular formula is C11H23N3O3-2. The van der Waals surface area contributed by atoms with Crippen LogP contribution in [-0.2, 0) is 4.84 Å². The quantitative estimate of drug-likeness (QED) is 0.401. The molecule has 17 heavy (non-hydrogen) atoms. The lowest BCUT2D eigenvalue weighted by atomic mass is 10.0. The van der Waals surface area contributed by atoms with Gasteiger partial charge in [-0.15, -0.1) is 6.58 Å². The summed E-state index contributed by atoms with van der Waals surface area (Å²) < 4.78 is 0. The SMILES string of the molecule is C=CC(C)(C)ON([O-])CNN([O-])C(C)(C)CC. The van der Waals surface area contributed by atoms with Crippen LogP contribution in [0.3, 0.4) is 0 Å². The molecule has 0 radical (unpaired) electrons. The molecule has 6 heteroatoms. The molecule has 0 rings (SSSR count). The Labute approximate surface area is 103 Å². The van der Waals surface area contributed by atoms with E-state index in [1.54, 1.807) is 27.7 Å². The Morgan fingerprint density at radius 3 is 2.24 bits per heavy atom. The van der Waals surface area contributed by atoms with Gasteiger partial charge >= 0.3 is 0 Å². The predicted octanol–water partition coefficient (Wildman–Crippen LogP) is 2.13. The summed E-state index contributed by atoms with van der Waals surface area (Å²) in [6.45, 7) is 12.2. The summed E-state index contributed by atoms with van der Waals surface area (Å²) in [6.07, 6.45) is 2.18. The fourth-order valence-corrected chi connectivity index (χ4v) is 0.812. The van der Waals surface area contributed by atoms with Crippen molar-refractivity contribution in [3.05, 3.63) is 23.1 Å². The van der Waals surface area contributed by atoms with E-state index < -0.39 is 11.1 Å². The zero-order valence-corrected chi connectivity index (χ0v) is 11.3. The molecule has 0 atom stereocenters. The van der Waals surface area contributed by atoms with Crippen LogP contribution in [0.15, 0.2) is 12.7 Å². The molecule has 0 saturated carbocycles. The highest BCUT2D eigenvalue weighted by Crippen LogP contribution is 2.15. The zero-order chi connectivity index (χ0) is 13.7. The van der Waals surface area contributed by atoms with Crippen LogP contribution >= 0.6 is 0 Å². The molecule has 0 bridgehead atoms. The van der Waals surface area contributed by atoms with Gasteiger partial charge in [-0.25, -0.2) is 5.23 Å². The van der Waals surface area contributed by atoms with E-state index in [1.165, 1.54) is 6.08 Å². The highest BCUT2D eigenvalue weighted by molar-refractivity contribution is 4.88. The highest BCUT2D eigenvalue weighted by Gasteiger charge is 2.18. The van der Waals surface area contributed by atoms with E-state index in [4.69, 9.17) is 4.84 Å². The summed E-state index contributed by atoms with van der Waals surface area (Å²) in [5, 5.41) is 24.0. The first kappa shape index (κ1) is 16.5. The molecule has 6 nitrogen and oxygen atoms in total. The second-order valence-electron chi connectivity index (χ2n) is 5.01. The summed E-state index contributed by atoms with van der Waals surface area (Å²) in [4.78, 5) is 5.02. The van der Waals surface area contributed by atoms with E-state index in [1.807, 2.05) is 6.92 Å². The van der Waals surface area contributed by atoms with Crippen molar-refractivity contribution in [2.45, 2.75) is 52.2 Å². The number of hydroxylamine groups is 3. The van der Waals surface area contributed by atoms with Crippen LogP contribution in [0.5, 0.6) is 0 Å². The van der Waals surface area contributed by atoms with Gasteiger partial charge in [-0.05, 0) is 34.1 Å². The lowest BCUT2D eigenvalue weighted by Gasteiger charge is -2.45. The van der Waals surface area contributed by atoms with E-state index in [9.17, 15) is 10.4 Å². The minimum atomic E-state index is -0.753. The topological polar surface area (TPSA) is 73.9 Å². The smallest absolute Gasteiger partial charge is 0.101 e. The fraction of sp³-hybridized carbons (Fsp3) is 0.818. The molecular weight excluding hydrogens is 222 g/mol. The Balaban J connectivity index is 4.08. The first-order chi connectivity index (χ1) is 7.64. The monoisotopic (exact) mass is 245 g/mol. The standard InChI is InChI=1S/C11H23N3O3/c1-7-10(3,4)14(16)12-9-13(15)17-11(5,6)8-2/h8,12H,2,7,9H2,1,3-6H3/q-2. The fourth-order valence-electron chi connectivity index (χ4n) is 0.812. The lowest BCUT2D eigenvalue weighted by Crippen LogP contribution is -2.51. The minimum absolute atomic E-state index is 0.232. The van der Waals surface area contributed by atoms with Gasteiger partial charge in [-0.3, -0.25) is 10.3 Å². The summed E-state index contributed by atoms with van der Waals surface area (Å²) in [5.74, 6) is 0. The highest BCUT2D eigenvalue weighted by atomic mass is 16.9. The predicted molar refractivity (Wildman–Crippen MR) is 68.1 cm³/mol. The van der Waals surface area contributed by atoms with E-state index in [0.29, 0.717) is 16.8 Å². The van der Waals surface area contributed by atoms with Crippen LogP contribution in [-0.4, -0.2) is 28.2 Å². The largest absolute Gasteiger partial charge is 0.771 e. The average Bonchev–Trinajstić information content (AvgIpc) is 2.25. The lowest BCUT2D eigenvalue weighted by molar-refractivity contribution is -0.196. The normalized spacial score (nSPS) is 13.5. The molecule has 0 aliphatic carbocycles. The van der Waals surface area contributed by atoms with Gasteiger partial charge in [-0.2, -0.15) is 0 Å². The Morgan fingerprint density at radius 2 is 1.82 bits per heavy atom. The van der Waals surface area contributed by atoms with Gasteiger partial charge in [0, 0.05) is 5.54 Å². The van der Waals surface area contributed by atoms with Crippen LogP contribution in [0.4, 0.5) is 0 Å². The van der Waals surface area contributed by atoms with Crippen LogP contribution in [0.2, 0.25) is 0 Å². The van der Waals surface area contributed by atoms with Crippen LogP contribution < -0.4 is 5.43 Å². The van der Waals surface area contributed by atoms with Gasteiger partial charge in [0.15, 0.2) is 0 Å². The van der Waals surface area contributed by atoms with Crippen molar-refractivity contribution in [1.82, 2.24) is 15.8 Å². The molecule has 0 heterocycles. The molecule has 0 spiro atoms. The number of rotatable bonds is 8. The molecule has 0 aliphatic rings. The molecule has 0 aromatic carbocycles. The molecule has 102 valence electrons. The maximum atomic E-state index is 11.6. The van der Waals surface area contributed by atoms with Crippen LogP contribution in [0, 0.1) is 10.4 Å². The first-order valence-electron chi connectivity index (χ1n) is 5.63. The Kier molecular flexibility index (Phi) is 6.25. The van der Waals surface area contributed by atoms with Crippen molar-refractivity contribution in [3.8, 4) is 0 Å². The van der Waals surface area contributed by atoms with Crippen LogP contribution in [0.25, 0.3) is 0 Å². The van der Waals surface area contributed by atoms with E-state index in [2.05, 4.69) is 12.0 Å². The maximum absolute atomic E-state index is 11.6. The van der Waals surface area contributed by atoms with Gasteiger partial charge in [0.2, 0.25) is 0 Å². The zero-order valence-electron chi connectivity index (χ0n) is 11.3. The van der Waals surface area contributed by atoms with Crippen molar-refractivity contribution in [2.24, 2.45) is 0 Å². The molecule has 0 fully saturated rings. The third kappa shape index (κ3) is 6.11. The summed E-state index contributed by atoms with van der Waals surface area (Å²) in [6, 6.07) is 0. The second kappa shape index (κ2) is 6.44. The van der Waals surface area contributed by atoms with Crippen LogP contribution in [0.1, 0.15) is 41.0 Å². The molecule has 0 unspecified atom stereocenters. The molecule has 0 amide bonds. The molecule has 0 saturated heterocycles. The second-order valence-corrected chi connectivity index (χ2v) is 5.01. The molecule has 0 aromatic rings. The maximum Gasteiger partial charge on any atom is 0.101 e. The number of hydrogen-bond donors (Lipinski definition) is 1. The van der Waals surface area contributed by atoms with Gasteiger partial charge in [-0.1, -0.05) is 13.0 Å². The third-order valence-electron chi connectivity index (χ3n) is 2.59. The summed E-state index contributed by atoms with van der Waals surface area (Å²) in [7, 11) is 0. The van der Waals surface area contributed by atoms with Gasteiger partial charge in [0.25, 0.3) is 0 Å². The van der Waals surface area contributed by atoms with E-state index in [-0.39, 0.29) is 6.67 Å².